The molecule has 0 radical (unpaired) electrons. The summed E-state index contributed by atoms with van der Waals surface area (Å²) in [4.78, 5) is 16.9. The van der Waals surface area contributed by atoms with Gasteiger partial charge in [-0.1, -0.05) is 0 Å². The van der Waals surface area contributed by atoms with Gasteiger partial charge in [-0.15, -0.1) is 0 Å². The van der Waals surface area contributed by atoms with Crippen molar-refractivity contribution in [3.05, 3.63) is 0 Å². The predicted molar refractivity (Wildman–Crippen MR) is 73.8 cm³/mol. The van der Waals surface area contributed by atoms with Gasteiger partial charge in [-0.05, 0) is 45.9 Å². The van der Waals surface area contributed by atoms with E-state index in [1.165, 1.54) is 0 Å². The molecule has 0 aromatic heterocycles. The van der Waals surface area contributed by atoms with Crippen LogP contribution in [0.4, 0.5) is 0 Å². The van der Waals surface area contributed by atoms with E-state index < -0.39 is 0 Å². The quantitative estimate of drug-likeness (QED) is 0.777. The highest BCUT2D eigenvalue weighted by Crippen LogP contribution is 2.19. The number of likely N-dealkylation sites (tertiary alicyclic amines) is 1. The van der Waals surface area contributed by atoms with E-state index in [-0.39, 0.29) is 0 Å². The van der Waals surface area contributed by atoms with E-state index in [2.05, 4.69) is 22.2 Å². The Bertz CT molecular complexity index is 256. The number of ketones is 1. The Labute approximate surface area is 111 Å². The molecule has 4 nitrogen and oxygen atoms in total. The second-order valence-electron chi connectivity index (χ2n) is 5.74. The first-order chi connectivity index (χ1) is 8.75. The molecule has 0 aliphatic carbocycles. The van der Waals surface area contributed by atoms with E-state index in [1.807, 2.05) is 0 Å². The Hall–Kier alpha value is -0.450. The van der Waals surface area contributed by atoms with Gasteiger partial charge < -0.3 is 15.1 Å². The van der Waals surface area contributed by atoms with Crippen LogP contribution in [0.25, 0.3) is 0 Å². The fraction of sp³-hybridized carbons (Fsp3) is 0.929. The zero-order chi connectivity index (χ0) is 12.8. The van der Waals surface area contributed by atoms with Gasteiger partial charge >= 0.3 is 0 Å². The summed E-state index contributed by atoms with van der Waals surface area (Å²) >= 11 is 0. The number of piperidine rings is 1. The highest BCUT2D eigenvalue weighted by Gasteiger charge is 2.22. The van der Waals surface area contributed by atoms with Crippen molar-refractivity contribution in [1.82, 2.24) is 15.1 Å². The molecule has 0 saturated carbocycles. The zero-order valence-corrected chi connectivity index (χ0v) is 11.7. The second-order valence-corrected chi connectivity index (χ2v) is 5.74. The minimum atomic E-state index is 0.351. The molecule has 0 atom stereocenters. The van der Waals surface area contributed by atoms with Crippen LogP contribution in [0.1, 0.15) is 25.7 Å². The monoisotopic (exact) mass is 253 g/mol. The molecular weight excluding hydrogens is 226 g/mol. The molecule has 2 rings (SSSR count). The van der Waals surface area contributed by atoms with E-state index in [9.17, 15) is 4.79 Å². The summed E-state index contributed by atoms with van der Waals surface area (Å²) in [6.07, 6.45) is 3.98. The van der Waals surface area contributed by atoms with Gasteiger partial charge in [0.05, 0.1) is 0 Å². The van der Waals surface area contributed by atoms with Gasteiger partial charge in [0.2, 0.25) is 0 Å². The summed E-state index contributed by atoms with van der Waals surface area (Å²) in [5.74, 6) is 0.863. The standard InChI is InChI=1S/C14H27N3O/c1-16-9-4-13(5-10-16)14(18)3-2-8-17-11-6-15-7-12-17/h13,15H,2-12H2,1H3. The van der Waals surface area contributed by atoms with Crippen molar-refractivity contribution >= 4 is 5.78 Å². The normalized spacial score (nSPS) is 24.3. The van der Waals surface area contributed by atoms with Gasteiger partial charge in [0.25, 0.3) is 0 Å². The maximum Gasteiger partial charge on any atom is 0.136 e. The fourth-order valence-corrected chi connectivity index (χ4v) is 2.95. The van der Waals surface area contributed by atoms with Crippen molar-refractivity contribution in [2.24, 2.45) is 5.92 Å². The van der Waals surface area contributed by atoms with E-state index in [0.717, 1.165) is 71.5 Å². The third-order valence-corrected chi connectivity index (χ3v) is 4.28. The third kappa shape index (κ3) is 4.34. The maximum atomic E-state index is 12.1. The van der Waals surface area contributed by atoms with E-state index in [0.29, 0.717) is 11.7 Å². The Morgan fingerprint density at radius 3 is 2.50 bits per heavy atom. The largest absolute Gasteiger partial charge is 0.314 e. The highest BCUT2D eigenvalue weighted by atomic mass is 16.1. The molecule has 0 amide bonds. The number of hydrogen-bond acceptors (Lipinski definition) is 4. The van der Waals surface area contributed by atoms with E-state index in [4.69, 9.17) is 0 Å². The van der Waals surface area contributed by atoms with Crippen LogP contribution in [0.15, 0.2) is 0 Å². The second kappa shape index (κ2) is 7.22. The van der Waals surface area contributed by atoms with E-state index >= 15 is 0 Å². The molecule has 2 aliphatic rings. The van der Waals surface area contributed by atoms with Crippen LogP contribution in [-0.4, -0.2) is 68.4 Å². The number of carbonyl (C=O) groups excluding carboxylic acids is 1. The number of nitrogens with zero attached hydrogens (tertiary/aromatic N) is 2. The molecule has 0 unspecified atom stereocenters. The smallest absolute Gasteiger partial charge is 0.136 e. The molecule has 104 valence electrons. The first-order valence-electron chi connectivity index (χ1n) is 7.40. The van der Waals surface area contributed by atoms with Crippen molar-refractivity contribution in [3.63, 3.8) is 0 Å². The summed E-state index contributed by atoms with van der Waals surface area (Å²) in [6.45, 7) is 7.76. The van der Waals surface area contributed by atoms with E-state index in [1.54, 1.807) is 0 Å². The molecular formula is C14H27N3O. The van der Waals surface area contributed by atoms with Crippen LogP contribution in [0.3, 0.4) is 0 Å². The van der Waals surface area contributed by atoms with Crippen LogP contribution in [0.2, 0.25) is 0 Å². The van der Waals surface area contributed by atoms with Crippen LogP contribution >= 0.6 is 0 Å². The molecule has 0 bridgehead atoms. The lowest BCUT2D eigenvalue weighted by Crippen LogP contribution is -2.43. The molecule has 1 N–H and O–H groups in total. The van der Waals surface area contributed by atoms with Crippen molar-refractivity contribution < 1.29 is 4.79 Å². The van der Waals surface area contributed by atoms with Crippen molar-refractivity contribution in [3.8, 4) is 0 Å². The van der Waals surface area contributed by atoms with Crippen molar-refractivity contribution in [2.45, 2.75) is 25.7 Å². The molecule has 2 heterocycles. The highest BCUT2D eigenvalue weighted by molar-refractivity contribution is 5.81. The van der Waals surface area contributed by atoms with Crippen LogP contribution in [0, 0.1) is 5.92 Å². The minimum absolute atomic E-state index is 0.351. The average Bonchev–Trinajstić information content (AvgIpc) is 2.40. The molecule has 2 aliphatic heterocycles. The first kappa shape index (κ1) is 14.0. The van der Waals surface area contributed by atoms with Crippen molar-refractivity contribution in [2.75, 3.05) is 52.9 Å². The SMILES string of the molecule is CN1CCC(C(=O)CCCN2CCNCC2)CC1. The molecule has 0 spiro atoms. The fourth-order valence-electron chi connectivity index (χ4n) is 2.95. The predicted octanol–water partition coefficient (Wildman–Crippen LogP) is 0.583. The summed E-state index contributed by atoms with van der Waals surface area (Å²) in [7, 11) is 2.14. The molecule has 2 saturated heterocycles. The van der Waals surface area contributed by atoms with Crippen molar-refractivity contribution in [1.29, 1.82) is 0 Å². The minimum Gasteiger partial charge on any atom is -0.314 e. The number of nitrogens with one attached hydrogen (secondary N) is 1. The lowest BCUT2D eigenvalue weighted by Gasteiger charge is -2.29. The number of carbonyl (C=O) groups is 1. The Kier molecular flexibility index (Phi) is 5.60. The zero-order valence-electron chi connectivity index (χ0n) is 11.7. The van der Waals surface area contributed by atoms with Crippen LogP contribution in [-0.2, 0) is 4.79 Å². The Balaban J connectivity index is 1.59. The number of hydrogen-bond donors (Lipinski definition) is 1. The lowest BCUT2D eigenvalue weighted by molar-refractivity contribution is -0.124. The van der Waals surface area contributed by atoms with Crippen LogP contribution < -0.4 is 5.32 Å². The summed E-state index contributed by atoms with van der Waals surface area (Å²) < 4.78 is 0. The van der Waals surface area contributed by atoms with Gasteiger partial charge in [0, 0.05) is 38.5 Å². The summed E-state index contributed by atoms with van der Waals surface area (Å²) in [5, 5.41) is 3.36. The number of Topliss-reactive ketones (excluding diaryl/α,β-unsaturated/α-hetero) is 1. The summed E-state index contributed by atoms with van der Waals surface area (Å²) in [5.41, 5.74) is 0. The topological polar surface area (TPSA) is 35.6 Å². The van der Waals surface area contributed by atoms with Gasteiger partial charge in [0.15, 0.2) is 0 Å². The number of rotatable bonds is 5. The lowest BCUT2D eigenvalue weighted by atomic mass is 9.90. The maximum absolute atomic E-state index is 12.1. The third-order valence-electron chi connectivity index (χ3n) is 4.28. The van der Waals surface area contributed by atoms with Gasteiger partial charge in [-0.2, -0.15) is 0 Å². The number of piperazine rings is 1. The van der Waals surface area contributed by atoms with Crippen LogP contribution in [0.5, 0.6) is 0 Å². The van der Waals surface area contributed by atoms with Gasteiger partial charge in [0.1, 0.15) is 5.78 Å². The molecule has 2 fully saturated rings. The Morgan fingerprint density at radius 2 is 1.83 bits per heavy atom. The summed E-state index contributed by atoms with van der Waals surface area (Å²) in [6, 6.07) is 0. The Morgan fingerprint density at radius 1 is 1.17 bits per heavy atom. The first-order valence-corrected chi connectivity index (χ1v) is 7.40. The molecule has 0 aromatic carbocycles. The molecule has 4 heteroatoms. The van der Waals surface area contributed by atoms with Gasteiger partial charge in [-0.25, -0.2) is 0 Å². The van der Waals surface area contributed by atoms with Gasteiger partial charge in [-0.3, -0.25) is 4.79 Å². The average molecular weight is 253 g/mol. The molecule has 18 heavy (non-hydrogen) atoms. The molecule has 0 aromatic rings.